The smallest absolute Gasteiger partial charge is 0.411 e. The largest absolute Gasteiger partial charge is 0.444 e. The summed E-state index contributed by atoms with van der Waals surface area (Å²) in [5, 5.41) is 3.63. The fourth-order valence-corrected chi connectivity index (χ4v) is 2.27. The van der Waals surface area contributed by atoms with Crippen LogP contribution in [0.2, 0.25) is 0 Å². The Morgan fingerprint density at radius 3 is 2.79 bits per heavy atom. The van der Waals surface area contributed by atoms with Crippen LogP contribution in [0, 0.1) is 0 Å². The zero-order valence-corrected chi connectivity index (χ0v) is 14.1. The van der Waals surface area contributed by atoms with E-state index in [1.165, 1.54) is 11.1 Å². The third kappa shape index (κ3) is 4.68. The van der Waals surface area contributed by atoms with Gasteiger partial charge in [0.1, 0.15) is 11.6 Å². The minimum atomic E-state index is -0.717. The van der Waals surface area contributed by atoms with Gasteiger partial charge in [-0.1, -0.05) is 5.16 Å². The van der Waals surface area contributed by atoms with E-state index in [4.69, 9.17) is 15.3 Å². The monoisotopic (exact) mass is 334 g/mol. The van der Waals surface area contributed by atoms with Crippen molar-refractivity contribution in [2.45, 2.75) is 45.3 Å². The maximum Gasteiger partial charge on any atom is 0.411 e. The highest BCUT2D eigenvalue weighted by Gasteiger charge is 2.38. The molecule has 1 aliphatic rings. The van der Waals surface area contributed by atoms with E-state index in [9.17, 15) is 9.59 Å². The first-order valence-electron chi connectivity index (χ1n) is 7.72. The van der Waals surface area contributed by atoms with Crippen LogP contribution < -0.4 is 5.73 Å². The molecule has 0 spiro atoms. The molecule has 0 radical (unpaired) electrons. The maximum atomic E-state index is 12.2. The van der Waals surface area contributed by atoms with Gasteiger partial charge in [0.15, 0.2) is 5.84 Å². The summed E-state index contributed by atoms with van der Waals surface area (Å²) in [7, 11) is 0. The first kappa shape index (κ1) is 17.7. The molecule has 2 heterocycles. The van der Waals surface area contributed by atoms with Crippen molar-refractivity contribution < 1.29 is 19.2 Å². The van der Waals surface area contributed by atoms with Gasteiger partial charge in [0.05, 0.1) is 0 Å². The van der Waals surface area contributed by atoms with Crippen LogP contribution in [0.25, 0.3) is 0 Å². The average Bonchev–Trinajstić information content (AvgIpc) is 3.01. The molecule has 1 unspecified atom stereocenters. The average molecular weight is 334 g/mol. The van der Waals surface area contributed by atoms with Crippen molar-refractivity contribution in [1.29, 1.82) is 0 Å². The fourth-order valence-electron chi connectivity index (χ4n) is 2.27. The van der Waals surface area contributed by atoms with Gasteiger partial charge in [-0.05, 0) is 45.7 Å². The van der Waals surface area contributed by atoms with Crippen molar-refractivity contribution in [2.24, 2.45) is 10.9 Å². The number of nitrogens with zero attached hydrogens (tertiary/aromatic N) is 3. The molecule has 2 rings (SSSR count). The van der Waals surface area contributed by atoms with Crippen molar-refractivity contribution in [3.8, 4) is 0 Å². The highest BCUT2D eigenvalue weighted by Crippen LogP contribution is 2.21. The van der Waals surface area contributed by atoms with E-state index in [1.54, 1.807) is 39.1 Å². The Kier molecular flexibility index (Phi) is 5.38. The minimum Gasteiger partial charge on any atom is -0.444 e. The Balaban J connectivity index is 1.99. The summed E-state index contributed by atoms with van der Waals surface area (Å²) >= 11 is 0. The molecule has 1 amide bonds. The number of amidine groups is 1. The highest BCUT2D eigenvalue weighted by atomic mass is 16.7. The van der Waals surface area contributed by atoms with E-state index in [2.05, 4.69) is 10.1 Å². The Morgan fingerprint density at radius 2 is 2.17 bits per heavy atom. The number of carbonyl (C=O) groups is 2. The van der Waals surface area contributed by atoms with Gasteiger partial charge in [0.2, 0.25) is 0 Å². The van der Waals surface area contributed by atoms with Crippen LogP contribution in [0.3, 0.4) is 0 Å². The van der Waals surface area contributed by atoms with E-state index in [0.717, 1.165) is 0 Å². The molecule has 0 saturated carbocycles. The lowest BCUT2D eigenvalue weighted by Gasteiger charge is -2.27. The first-order valence-corrected chi connectivity index (χ1v) is 7.72. The van der Waals surface area contributed by atoms with Crippen molar-refractivity contribution in [3.63, 3.8) is 0 Å². The molecule has 8 heteroatoms. The number of oxime groups is 1. The molecular weight excluding hydrogens is 312 g/mol. The predicted octanol–water partition coefficient (Wildman–Crippen LogP) is 1.64. The lowest BCUT2D eigenvalue weighted by atomic mass is 10.2. The zero-order chi connectivity index (χ0) is 17.7. The predicted molar refractivity (Wildman–Crippen MR) is 87.0 cm³/mol. The molecule has 1 saturated heterocycles. The molecule has 1 aromatic rings. The number of ether oxygens (including phenoxy) is 1. The molecule has 1 aromatic heterocycles. The van der Waals surface area contributed by atoms with Crippen molar-refractivity contribution in [1.82, 2.24) is 9.88 Å². The molecule has 0 bridgehead atoms. The van der Waals surface area contributed by atoms with Crippen molar-refractivity contribution in [2.75, 3.05) is 6.54 Å². The quantitative estimate of drug-likeness (QED) is 0.390. The zero-order valence-electron chi connectivity index (χ0n) is 14.1. The summed E-state index contributed by atoms with van der Waals surface area (Å²) in [6.07, 6.45) is 3.77. The lowest BCUT2D eigenvalue weighted by molar-refractivity contribution is -0.148. The minimum absolute atomic E-state index is 0.0401. The van der Waals surface area contributed by atoms with Gasteiger partial charge in [-0.3, -0.25) is 9.88 Å². The van der Waals surface area contributed by atoms with Gasteiger partial charge in [0, 0.05) is 24.5 Å². The van der Waals surface area contributed by atoms with Crippen LogP contribution in [0.4, 0.5) is 4.79 Å². The van der Waals surface area contributed by atoms with E-state index >= 15 is 0 Å². The van der Waals surface area contributed by atoms with E-state index in [-0.39, 0.29) is 5.84 Å². The Bertz CT molecular complexity index is 625. The Hall–Kier alpha value is -2.64. The van der Waals surface area contributed by atoms with Gasteiger partial charge in [-0.25, -0.2) is 9.59 Å². The lowest BCUT2D eigenvalue weighted by Crippen LogP contribution is -2.43. The maximum absolute atomic E-state index is 12.2. The molecule has 1 atom stereocenters. The van der Waals surface area contributed by atoms with E-state index in [1.807, 2.05) is 0 Å². The molecule has 0 aromatic carbocycles. The van der Waals surface area contributed by atoms with Gasteiger partial charge < -0.3 is 15.3 Å². The SMILES string of the molecule is CC(C)(C)OC(=O)N1CCCC1C(=O)O/N=C(/N)c1cccnc1. The van der Waals surface area contributed by atoms with Gasteiger partial charge in [-0.2, -0.15) is 0 Å². The number of rotatable bonds is 3. The normalized spacial score (nSPS) is 18.4. The Morgan fingerprint density at radius 1 is 1.42 bits per heavy atom. The van der Waals surface area contributed by atoms with Crippen LogP contribution in [0.15, 0.2) is 29.7 Å². The summed E-state index contributed by atoms with van der Waals surface area (Å²) in [5.41, 5.74) is 5.66. The molecular formula is C16H22N4O4. The van der Waals surface area contributed by atoms with Gasteiger partial charge in [0.25, 0.3) is 0 Å². The topological polar surface area (TPSA) is 107 Å². The summed E-state index contributed by atoms with van der Waals surface area (Å²) in [4.78, 5) is 34.5. The molecule has 24 heavy (non-hydrogen) atoms. The van der Waals surface area contributed by atoms with Crippen molar-refractivity contribution >= 4 is 17.9 Å². The van der Waals surface area contributed by atoms with Crippen LogP contribution >= 0.6 is 0 Å². The number of likely N-dealkylation sites (tertiary alicyclic amines) is 1. The molecule has 8 nitrogen and oxygen atoms in total. The van der Waals surface area contributed by atoms with Crippen molar-refractivity contribution in [3.05, 3.63) is 30.1 Å². The second-order valence-corrected chi connectivity index (χ2v) is 6.46. The number of carbonyl (C=O) groups excluding carboxylic acids is 2. The third-order valence-corrected chi connectivity index (χ3v) is 3.34. The van der Waals surface area contributed by atoms with Gasteiger partial charge in [-0.15, -0.1) is 0 Å². The second-order valence-electron chi connectivity index (χ2n) is 6.46. The number of pyridine rings is 1. The summed E-state index contributed by atoms with van der Waals surface area (Å²) in [5.74, 6) is -0.594. The number of hydrogen-bond acceptors (Lipinski definition) is 6. The van der Waals surface area contributed by atoms with Crippen LogP contribution in [0.1, 0.15) is 39.2 Å². The summed E-state index contributed by atoms with van der Waals surface area (Å²) in [6, 6.07) is 2.67. The molecule has 2 N–H and O–H groups in total. The molecule has 1 aliphatic heterocycles. The number of amides is 1. The highest BCUT2D eigenvalue weighted by molar-refractivity contribution is 5.97. The van der Waals surface area contributed by atoms with Gasteiger partial charge >= 0.3 is 12.1 Å². The Labute approximate surface area is 140 Å². The third-order valence-electron chi connectivity index (χ3n) is 3.34. The number of nitrogens with two attached hydrogens (primary N) is 1. The second kappa shape index (κ2) is 7.29. The fraction of sp³-hybridized carbons (Fsp3) is 0.500. The van der Waals surface area contributed by atoms with E-state index < -0.39 is 23.7 Å². The molecule has 130 valence electrons. The first-order chi connectivity index (χ1) is 11.3. The number of aromatic nitrogens is 1. The standard InChI is InChI=1S/C16H22N4O4/c1-16(2,3)23-15(22)20-9-5-7-12(20)14(21)24-19-13(17)11-6-4-8-18-10-11/h4,6,8,10,12H,5,7,9H2,1-3H3,(H2,17,19). The number of hydrogen-bond donors (Lipinski definition) is 1. The summed E-state index contributed by atoms with van der Waals surface area (Å²) < 4.78 is 5.31. The molecule has 0 aliphatic carbocycles. The molecule has 1 fully saturated rings. The van der Waals surface area contributed by atoms with E-state index in [0.29, 0.717) is 24.9 Å². The van der Waals surface area contributed by atoms with Crippen LogP contribution in [0.5, 0.6) is 0 Å². The van der Waals surface area contributed by atoms with Crippen LogP contribution in [-0.2, 0) is 14.4 Å². The summed E-state index contributed by atoms with van der Waals surface area (Å²) in [6.45, 7) is 5.75. The van der Waals surface area contributed by atoms with Crippen LogP contribution in [-0.4, -0.2) is 46.0 Å².